The maximum atomic E-state index is 5.61. The molecule has 3 heteroatoms. The van der Waals surface area contributed by atoms with Crippen molar-refractivity contribution in [3.63, 3.8) is 0 Å². The molecule has 19 heavy (non-hydrogen) atoms. The predicted molar refractivity (Wildman–Crippen MR) is 75.5 cm³/mol. The SMILES string of the molecule is c1cc2c(cc1CNCCCOCC1CC1)CCO2. The van der Waals surface area contributed by atoms with Crippen molar-refractivity contribution in [2.24, 2.45) is 5.92 Å². The Kier molecular flexibility index (Phi) is 4.36. The summed E-state index contributed by atoms with van der Waals surface area (Å²) in [6.07, 6.45) is 4.90. The van der Waals surface area contributed by atoms with Crippen LogP contribution in [0.4, 0.5) is 0 Å². The molecular weight excluding hydrogens is 238 g/mol. The summed E-state index contributed by atoms with van der Waals surface area (Å²) in [6.45, 7) is 4.67. The van der Waals surface area contributed by atoms with Crippen molar-refractivity contribution in [2.45, 2.75) is 32.2 Å². The van der Waals surface area contributed by atoms with E-state index in [9.17, 15) is 0 Å². The third kappa shape index (κ3) is 3.95. The van der Waals surface area contributed by atoms with Gasteiger partial charge in [-0.05, 0) is 48.9 Å². The molecule has 1 aliphatic heterocycles. The van der Waals surface area contributed by atoms with Crippen molar-refractivity contribution in [3.05, 3.63) is 29.3 Å². The molecule has 0 spiro atoms. The van der Waals surface area contributed by atoms with Crippen molar-refractivity contribution < 1.29 is 9.47 Å². The summed E-state index contributed by atoms with van der Waals surface area (Å²) < 4.78 is 11.1. The van der Waals surface area contributed by atoms with Crippen LogP contribution < -0.4 is 10.1 Å². The second kappa shape index (κ2) is 6.40. The molecule has 1 N–H and O–H groups in total. The maximum Gasteiger partial charge on any atom is 0.122 e. The molecule has 1 heterocycles. The summed E-state index contributed by atoms with van der Waals surface area (Å²) in [5.41, 5.74) is 2.70. The van der Waals surface area contributed by atoms with Crippen LogP contribution in [0.15, 0.2) is 18.2 Å². The third-order valence-corrected chi connectivity index (χ3v) is 3.78. The molecule has 3 rings (SSSR count). The topological polar surface area (TPSA) is 30.5 Å². The molecule has 3 nitrogen and oxygen atoms in total. The molecule has 0 unspecified atom stereocenters. The van der Waals surface area contributed by atoms with Crippen LogP contribution in [-0.4, -0.2) is 26.4 Å². The summed E-state index contributed by atoms with van der Waals surface area (Å²) >= 11 is 0. The number of nitrogens with one attached hydrogen (secondary N) is 1. The van der Waals surface area contributed by atoms with Crippen LogP contribution in [0, 0.1) is 5.92 Å². The summed E-state index contributed by atoms with van der Waals surface area (Å²) in [5.74, 6) is 1.94. The van der Waals surface area contributed by atoms with Crippen LogP contribution in [0.2, 0.25) is 0 Å². The Hall–Kier alpha value is -1.06. The molecule has 1 aromatic carbocycles. The zero-order valence-corrected chi connectivity index (χ0v) is 11.5. The highest BCUT2D eigenvalue weighted by Gasteiger charge is 2.20. The molecule has 0 aromatic heterocycles. The van der Waals surface area contributed by atoms with Crippen LogP contribution in [0.25, 0.3) is 0 Å². The summed E-state index contributed by atoms with van der Waals surface area (Å²) in [7, 11) is 0. The fourth-order valence-electron chi connectivity index (χ4n) is 2.42. The van der Waals surface area contributed by atoms with Crippen molar-refractivity contribution in [3.8, 4) is 5.75 Å². The Labute approximate surface area is 115 Å². The summed E-state index contributed by atoms with van der Waals surface area (Å²) in [6, 6.07) is 6.51. The van der Waals surface area contributed by atoms with E-state index in [-0.39, 0.29) is 0 Å². The first-order valence-corrected chi connectivity index (χ1v) is 7.45. The zero-order valence-electron chi connectivity index (χ0n) is 11.5. The fraction of sp³-hybridized carbons (Fsp3) is 0.625. The van der Waals surface area contributed by atoms with E-state index >= 15 is 0 Å². The van der Waals surface area contributed by atoms with E-state index in [2.05, 4.69) is 23.5 Å². The number of ether oxygens (including phenoxy) is 2. The van der Waals surface area contributed by atoms with Crippen LogP contribution >= 0.6 is 0 Å². The maximum absolute atomic E-state index is 5.61. The average Bonchev–Trinajstić information content (AvgIpc) is 3.13. The van der Waals surface area contributed by atoms with E-state index in [4.69, 9.17) is 9.47 Å². The lowest BCUT2D eigenvalue weighted by Gasteiger charge is -2.07. The molecule has 104 valence electrons. The van der Waals surface area contributed by atoms with Crippen LogP contribution in [0.5, 0.6) is 5.75 Å². The quantitative estimate of drug-likeness (QED) is 0.729. The summed E-state index contributed by atoms with van der Waals surface area (Å²) in [4.78, 5) is 0. The second-order valence-electron chi connectivity index (χ2n) is 5.59. The van der Waals surface area contributed by atoms with Gasteiger partial charge in [-0.25, -0.2) is 0 Å². The third-order valence-electron chi connectivity index (χ3n) is 3.78. The zero-order chi connectivity index (χ0) is 12.9. The van der Waals surface area contributed by atoms with Gasteiger partial charge in [-0.2, -0.15) is 0 Å². The van der Waals surface area contributed by atoms with E-state index in [1.54, 1.807) is 0 Å². The molecule has 1 aromatic rings. The molecule has 2 aliphatic rings. The van der Waals surface area contributed by atoms with Crippen molar-refractivity contribution >= 4 is 0 Å². The van der Waals surface area contributed by atoms with Gasteiger partial charge in [-0.3, -0.25) is 0 Å². The van der Waals surface area contributed by atoms with Gasteiger partial charge in [0.25, 0.3) is 0 Å². The second-order valence-corrected chi connectivity index (χ2v) is 5.59. The van der Waals surface area contributed by atoms with Gasteiger partial charge in [0, 0.05) is 26.2 Å². The van der Waals surface area contributed by atoms with E-state index in [0.717, 1.165) is 57.4 Å². The first kappa shape index (κ1) is 12.9. The van der Waals surface area contributed by atoms with Gasteiger partial charge in [0.2, 0.25) is 0 Å². The minimum atomic E-state index is 0.838. The first-order valence-electron chi connectivity index (χ1n) is 7.45. The molecule has 1 fully saturated rings. The summed E-state index contributed by atoms with van der Waals surface area (Å²) in [5, 5.41) is 3.48. The lowest BCUT2D eigenvalue weighted by molar-refractivity contribution is 0.122. The van der Waals surface area contributed by atoms with Gasteiger partial charge in [0.05, 0.1) is 6.61 Å². The van der Waals surface area contributed by atoms with Gasteiger partial charge >= 0.3 is 0 Å². The van der Waals surface area contributed by atoms with Crippen LogP contribution in [0.1, 0.15) is 30.4 Å². The van der Waals surface area contributed by atoms with Gasteiger partial charge in [0.1, 0.15) is 5.75 Å². The monoisotopic (exact) mass is 261 g/mol. The van der Waals surface area contributed by atoms with E-state index < -0.39 is 0 Å². The molecule has 1 saturated carbocycles. The van der Waals surface area contributed by atoms with Gasteiger partial charge in [-0.15, -0.1) is 0 Å². The van der Waals surface area contributed by atoms with E-state index in [1.165, 1.54) is 24.0 Å². The lowest BCUT2D eigenvalue weighted by atomic mass is 10.1. The first-order chi connectivity index (χ1) is 9.42. The standard InChI is InChI=1S/C16H23NO2/c1(8-18-12-13-2-3-13)7-17-11-14-4-5-16-15(10-14)6-9-19-16/h4-5,10,13,17H,1-3,6-9,11-12H2. The lowest BCUT2D eigenvalue weighted by Crippen LogP contribution is -2.16. The van der Waals surface area contributed by atoms with Gasteiger partial charge < -0.3 is 14.8 Å². The Bertz CT molecular complexity index is 415. The molecular formula is C16H23NO2. The highest BCUT2D eigenvalue weighted by atomic mass is 16.5. The Morgan fingerprint density at radius 3 is 3.16 bits per heavy atom. The fourth-order valence-corrected chi connectivity index (χ4v) is 2.42. The number of hydrogen-bond acceptors (Lipinski definition) is 3. The van der Waals surface area contributed by atoms with Crippen molar-refractivity contribution in [1.82, 2.24) is 5.32 Å². The van der Waals surface area contributed by atoms with Crippen LogP contribution in [-0.2, 0) is 17.7 Å². The number of benzene rings is 1. The molecule has 0 radical (unpaired) electrons. The minimum Gasteiger partial charge on any atom is -0.493 e. The largest absolute Gasteiger partial charge is 0.493 e. The smallest absolute Gasteiger partial charge is 0.122 e. The van der Waals surface area contributed by atoms with Crippen molar-refractivity contribution in [2.75, 3.05) is 26.4 Å². The van der Waals surface area contributed by atoms with Crippen LogP contribution in [0.3, 0.4) is 0 Å². The van der Waals surface area contributed by atoms with Gasteiger partial charge in [-0.1, -0.05) is 12.1 Å². The Morgan fingerprint density at radius 1 is 1.32 bits per heavy atom. The molecule has 0 bridgehead atoms. The number of rotatable bonds is 8. The van der Waals surface area contributed by atoms with Gasteiger partial charge in [0.15, 0.2) is 0 Å². The van der Waals surface area contributed by atoms with E-state index in [1.807, 2.05) is 0 Å². The minimum absolute atomic E-state index is 0.838. The molecule has 0 amide bonds. The van der Waals surface area contributed by atoms with E-state index in [0.29, 0.717) is 0 Å². The molecule has 0 saturated heterocycles. The highest BCUT2D eigenvalue weighted by molar-refractivity contribution is 5.39. The predicted octanol–water partition coefficient (Wildman–Crippen LogP) is 2.53. The van der Waals surface area contributed by atoms with Crippen molar-refractivity contribution in [1.29, 1.82) is 0 Å². The Balaban J connectivity index is 1.29. The normalized spacial score (nSPS) is 17.3. The number of fused-ring (bicyclic) bond motifs is 1. The molecule has 0 atom stereocenters. The molecule has 1 aliphatic carbocycles. The number of hydrogen-bond donors (Lipinski definition) is 1. The Morgan fingerprint density at radius 2 is 2.26 bits per heavy atom. The highest BCUT2D eigenvalue weighted by Crippen LogP contribution is 2.28. The average molecular weight is 261 g/mol.